The summed E-state index contributed by atoms with van der Waals surface area (Å²) in [5.74, 6) is -2.06. The van der Waals surface area contributed by atoms with Gasteiger partial charge in [0.1, 0.15) is 0 Å². The van der Waals surface area contributed by atoms with Crippen molar-refractivity contribution < 1.29 is 13.9 Å². The molecule has 88 valence electrons. The first-order valence-electron chi connectivity index (χ1n) is 5.82. The Morgan fingerprint density at radius 2 is 2.12 bits per heavy atom. The van der Waals surface area contributed by atoms with Crippen molar-refractivity contribution in [3.05, 3.63) is 28.8 Å². The number of aryl methyl sites for hydroxylation is 1. The summed E-state index contributed by atoms with van der Waals surface area (Å²) in [6, 6.07) is 1.37. The van der Waals surface area contributed by atoms with Gasteiger partial charge in [0.15, 0.2) is 11.6 Å². The van der Waals surface area contributed by atoms with E-state index in [0.29, 0.717) is 17.9 Å². The Morgan fingerprint density at radius 3 is 2.81 bits per heavy atom. The predicted molar refractivity (Wildman–Crippen MR) is 58.4 cm³/mol. The zero-order chi connectivity index (χ0) is 11.7. The Balaban J connectivity index is 2.34. The minimum absolute atomic E-state index is 0.455. The van der Waals surface area contributed by atoms with Crippen molar-refractivity contribution in [3.63, 3.8) is 0 Å². The zero-order valence-electron chi connectivity index (χ0n) is 9.39. The SMILES string of the molecule is CCCC1CCc2cc(O)c(F)c(F)c2C1. The Bertz CT molecular complexity index is 401. The molecule has 0 saturated carbocycles. The third-order valence-electron chi connectivity index (χ3n) is 3.39. The van der Waals surface area contributed by atoms with Gasteiger partial charge in [0, 0.05) is 0 Å². The summed E-state index contributed by atoms with van der Waals surface area (Å²) < 4.78 is 26.8. The molecule has 0 radical (unpaired) electrons. The third-order valence-corrected chi connectivity index (χ3v) is 3.39. The third kappa shape index (κ3) is 1.91. The number of halogens is 2. The number of phenols is 1. The number of benzene rings is 1. The van der Waals surface area contributed by atoms with Gasteiger partial charge < -0.3 is 5.11 Å². The highest BCUT2D eigenvalue weighted by Gasteiger charge is 2.24. The Hall–Kier alpha value is -1.12. The van der Waals surface area contributed by atoms with Crippen LogP contribution in [0.25, 0.3) is 0 Å². The summed E-state index contributed by atoms with van der Waals surface area (Å²) in [4.78, 5) is 0. The number of phenolic OH excluding ortho intramolecular Hbond substituents is 1. The fourth-order valence-electron chi connectivity index (χ4n) is 2.55. The van der Waals surface area contributed by atoms with Gasteiger partial charge in [0.05, 0.1) is 0 Å². The van der Waals surface area contributed by atoms with Crippen LogP contribution >= 0.6 is 0 Å². The molecule has 2 rings (SSSR count). The molecule has 0 amide bonds. The second-order valence-corrected chi connectivity index (χ2v) is 4.56. The standard InChI is InChI=1S/C13H16F2O/c1-2-3-8-4-5-9-7-11(16)13(15)12(14)10(9)6-8/h7-8,16H,2-6H2,1H3. The van der Waals surface area contributed by atoms with Crippen molar-refractivity contribution >= 4 is 0 Å². The van der Waals surface area contributed by atoms with Crippen LogP contribution in [0.2, 0.25) is 0 Å². The van der Waals surface area contributed by atoms with Gasteiger partial charge in [-0.25, -0.2) is 4.39 Å². The number of aromatic hydroxyl groups is 1. The molecule has 1 aromatic rings. The molecule has 0 aliphatic heterocycles. The summed E-state index contributed by atoms with van der Waals surface area (Å²) in [5, 5.41) is 9.21. The largest absolute Gasteiger partial charge is 0.505 e. The summed E-state index contributed by atoms with van der Waals surface area (Å²) in [6.07, 6.45) is 4.48. The molecular formula is C13H16F2O. The maximum Gasteiger partial charge on any atom is 0.200 e. The van der Waals surface area contributed by atoms with Crippen molar-refractivity contribution in [3.8, 4) is 5.75 Å². The maximum absolute atomic E-state index is 13.6. The molecule has 0 bridgehead atoms. The van der Waals surface area contributed by atoms with Crippen LogP contribution in [0.4, 0.5) is 8.78 Å². The van der Waals surface area contributed by atoms with Crippen LogP contribution in [0.3, 0.4) is 0 Å². The van der Waals surface area contributed by atoms with E-state index in [1.807, 2.05) is 0 Å². The van der Waals surface area contributed by atoms with Crippen LogP contribution in [0.5, 0.6) is 5.75 Å². The minimum atomic E-state index is -1.10. The van der Waals surface area contributed by atoms with E-state index in [1.54, 1.807) is 0 Å². The lowest BCUT2D eigenvalue weighted by Gasteiger charge is -2.25. The van der Waals surface area contributed by atoms with Crippen molar-refractivity contribution in [1.29, 1.82) is 0 Å². The predicted octanol–water partition coefficient (Wildman–Crippen LogP) is 3.58. The molecule has 1 nitrogen and oxygen atoms in total. The normalized spacial score (nSPS) is 19.6. The van der Waals surface area contributed by atoms with Crippen molar-refractivity contribution in [1.82, 2.24) is 0 Å². The van der Waals surface area contributed by atoms with Gasteiger partial charge in [-0.1, -0.05) is 19.8 Å². The maximum atomic E-state index is 13.6. The van der Waals surface area contributed by atoms with Crippen LogP contribution < -0.4 is 0 Å². The van der Waals surface area contributed by atoms with Crippen LogP contribution in [-0.4, -0.2) is 5.11 Å². The molecule has 0 saturated heterocycles. The van der Waals surface area contributed by atoms with E-state index in [1.165, 1.54) is 6.07 Å². The van der Waals surface area contributed by atoms with Crippen LogP contribution in [-0.2, 0) is 12.8 Å². The lowest BCUT2D eigenvalue weighted by atomic mass is 9.81. The molecule has 1 aliphatic carbocycles. The van der Waals surface area contributed by atoms with E-state index in [4.69, 9.17) is 0 Å². The van der Waals surface area contributed by atoms with Gasteiger partial charge in [0.2, 0.25) is 5.82 Å². The summed E-state index contributed by atoms with van der Waals surface area (Å²) in [7, 11) is 0. The minimum Gasteiger partial charge on any atom is -0.505 e. The molecule has 1 aliphatic rings. The van der Waals surface area contributed by atoms with Crippen molar-refractivity contribution in [2.24, 2.45) is 5.92 Å². The summed E-state index contributed by atoms with van der Waals surface area (Å²) in [6.45, 7) is 2.10. The Morgan fingerprint density at radius 1 is 1.38 bits per heavy atom. The highest BCUT2D eigenvalue weighted by atomic mass is 19.2. The number of hydrogen-bond acceptors (Lipinski definition) is 1. The molecule has 1 unspecified atom stereocenters. The van der Waals surface area contributed by atoms with E-state index in [2.05, 4.69) is 6.92 Å². The molecular weight excluding hydrogens is 210 g/mol. The van der Waals surface area contributed by atoms with E-state index >= 15 is 0 Å². The lowest BCUT2D eigenvalue weighted by molar-refractivity contribution is 0.377. The monoisotopic (exact) mass is 226 g/mol. The van der Waals surface area contributed by atoms with E-state index in [-0.39, 0.29) is 0 Å². The van der Waals surface area contributed by atoms with Crippen LogP contribution in [0.15, 0.2) is 6.07 Å². The molecule has 0 fully saturated rings. The van der Waals surface area contributed by atoms with Gasteiger partial charge >= 0.3 is 0 Å². The highest BCUT2D eigenvalue weighted by molar-refractivity contribution is 5.39. The van der Waals surface area contributed by atoms with Gasteiger partial charge in [-0.15, -0.1) is 0 Å². The summed E-state index contributed by atoms with van der Waals surface area (Å²) >= 11 is 0. The second-order valence-electron chi connectivity index (χ2n) is 4.56. The zero-order valence-corrected chi connectivity index (χ0v) is 9.39. The second kappa shape index (κ2) is 4.40. The number of hydrogen-bond donors (Lipinski definition) is 1. The van der Waals surface area contributed by atoms with E-state index < -0.39 is 17.4 Å². The topological polar surface area (TPSA) is 20.2 Å². The Labute approximate surface area is 94.1 Å². The Kier molecular flexibility index (Phi) is 3.13. The fraction of sp³-hybridized carbons (Fsp3) is 0.538. The van der Waals surface area contributed by atoms with Crippen molar-refractivity contribution in [2.75, 3.05) is 0 Å². The van der Waals surface area contributed by atoms with Gasteiger partial charge in [-0.2, -0.15) is 4.39 Å². The highest BCUT2D eigenvalue weighted by Crippen LogP contribution is 2.34. The van der Waals surface area contributed by atoms with Crippen molar-refractivity contribution in [2.45, 2.75) is 39.0 Å². The average molecular weight is 226 g/mol. The molecule has 1 aromatic carbocycles. The van der Waals surface area contributed by atoms with Crippen LogP contribution in [0.1, 0.15) is 37.3 Å². The van der Waals surface area contributed by atoms with Gasteiger partial charge in [-0.3, -0.25) is 0 Å². The van der Waals surface area contributed by atoms with Gasteiger partial charge in [0.25, 0.3) is 0 Å². The fourth-order valence-corrected chi connectivity index (χ4v) is 2.55. The van der Waals surface area contributed by atoms with Crippen LogP contribution in [0, 0.1) is 17.6 Å². The molecule has 1 atom stereocenters. The molecule has 0 spiro atoms. The first kappa shape index (κ1) is 11.4. The molecule has 0 heterocycles. The quantitative estimate of drug-likeness (QED) is 0.817. The molecule has 16 heavy (non-hydrogen) atoms. The number of fused-ring (bicyclic) bond motifs is 1. The summed E-state index contributed by atoms with van der Waals surface area (Å²) in [5.41, 5.74) is 1.24. The van der Waals surface area contributed by atoms with E-state index in [9.17, 15) is 13.9 Å². The van der Waals surface area contributed by atoms with Gasteiger partial charge in [-0.05, 0) is 42.4 Å². The first-order chi connectivity index (χ1) is 7.63. The molecule has 1 N–H and O–H groups in total. The first-order valence-corrected chi connectivity index (χ1v) is 5.82. The smallest absolute Gasteiger partial charge is 0.200 e. The van der Waals surface area contributed by atoms with E-state index in [0.717, 1.165) is 31.2 Å². The average Bonchev–Trinajstić information content (AvgIpc) is 2.28. The molecule has 0 aromatic heterocycles. The lowest BCUT2D eigenvalue weighted by Crippen LogP contribution is -2.16. The number of rotatable bonds is 2. The molecule has 3 heteroatoms.